The van der Waals surface area contributed by atoms with Gasteiger partial charge in [0, 0.05) is 12.8 Å². The normalized spacial score (nSPS) is 14.0. The number of carbonyl (C=O) groups is 1. The summed E-state index contributed by atoms with van der Waals surface area (Å²) in [4.78, 5) is 13.0. The van der Waals surface area contributed by atoms with E-state index in [-0.39, 0.29) is 5.91 Å². The quantitative estimate of drug-likeness (QED) is 0.102. The zero-order valence-corrected chi connectivity index (χ0v) is 27.4. The van der Waals surface area contributed by atoms with Crippen LogP contribution in [0, 0.1) is 0 Å². The fraction of sp³-hybridized carbons (Fsp3) is 0.816. The number of hydrogen-bond acceptors (Lipinski definition) is 2. The van der Waals surface area contributed by atoms with Gasteiger partial charge in [0.05, 0.1) is 5.56 Å². The molecule has 0 atom stereocenters. The molecule has 2 rings (SSSR count). The molecule has 1 N–H and O–H groups in total. The van der Waals surface area contributed by atoms with Gasteiger partial charge in [-0.05, 0) is 25.0 Å². The SMILES string of the molecule is CCCCCCCCCCCCCCCC1(CCCCCCCCCCCCCCC)NC(=O)c2ccccc2O1. The highest BCUT2D eigenvalue weighted by Crippen LogP contribution is 2.34. The molecule has 0 fully saturated rings. The second kappa shape index (κ2) is 24.0. The van der Waals surface area contributed by atoms with Crippen molar-refractivity contribution >= 4 is 5.91 Å². The molecule has 1 aliphatic rings. The summed E-state index contributed by atoms with van der Waals surface area (Å²) in [5.74, 6) is 0.803. The Morgan fingerprint density at radius 2 is 0.854 bits per heavy atom. The van der Waals surface area contributed by atoms with E-state index < -0.39 is 5.72 Å². The third-order valence-corrected chi connectivity index (χ3v) is 9.15. The molecule has 0 aromatic heterocycles. The van der Waals surface area contributed by atoms with Crippen molar-refractivity contribution in [1.82, 2.24) is 5.32 Å². The van der Waals surface area contributed by atoms with E-state index in [9.17, 15) is 4.79 Å². The van der Waals surface area contributed by atoms with Crippen LogP contribution in [0.15, 0.2) is 24.3 Å². The lowest BCUT2D eigenvalue weighted by Gasteiger charge is -2.39. The predicted molar refractivity (Wildman–Crippen MR) is 178 cm³/mol. The van der Waals surface area contributed by atoms with Gasteiger partial charge in [0.25, 0.3) is 5.91 Å². The third-order valence-electron chi connectivity index (χ3n) is 9.15. The van der Waals surface area contributed by atoms with E-state index >= 15 is 0 Å². The molecule has 41 heavy (non-hydrogen) atoms. The van der Waals surface area contributed by atoms with Crippen LogP contribution < -0.4 is 10.1 Å². The summed E-state index contributed by atoms with van der Waals surface area (Å²) in [6.07, 6.45) is 37.1. The lowest BCUT2D eigenvalue weighted by Crippen LogP contribution is -2.56. The summed E-state index contributed by atoms with van der Waals surface area (Å²) >= 11 is 0. The average molecular weight is 570 g/mol. The monoisotopic (exact) mass is 570 g/mol. The molecule has 0 spiro atoms. The Morgan fingerprint density at radius 1 is 0.512 bits per heavy atom. The van der Waals surface area contributed by atoms with Crippen LogP contribution in [0.3, 0.4) is 0 Å². The summed E-state index contributed by atoms with van der Waals surface area (Å²) in [5, 5.41) is 3.31. The molecule has 0 saturated heterocycles. The minimum Gasteiger partial charge on any atom is -0.467 e. The zero-order valence-electron chi connectivity index (χ0n) is 27.4. The van der Waals surface area contributed by atoms with E-state index in [2.05, 4.69) is 19.2 Å². The lowest BCUT2D eigenvalue weighted by atomic mass is 9.94. The minimum atomic E-state index is -0.527. The number of rotatable bonds is 28. The molecule has 236 valence electrons. The largest absolute Gasteiger partial charge is 0.467 e. The van der Waals surface area contributed by atoms with Gasteiger partial charge in [-0.25, -0.2) is 0 Å². The van der Waals surface area contributed by atoms with Crippen molar-refractivity contribution in [3.05, 3.63) is 29.8 Å². The highest BCUT2D eigenvalue weighted by Gasteiger charge is 2.38. The molecule has 3 nitrogen and oxygen atoms in total. The number of hydrogen-bond donors (Lipinski definition) is 1. The minimum absolute atomic E-state index is 0.0382. The number of nitrogens with one attached hydrogen (secondary N) is 1. The molecular weight excluding hydrogens is 502 g/mol. The predicted octanol–water partition coefficient (Wildman–Crippen LogP) is 12.5. The van der Waals surface area contributed by atoms with Crippen molar-refractivity contribution in [2.45, 2.75) is 199 Å². The van der Waals surface area contributed by atoms with Crippen LogP contribution in [0.25, 0.3) is 0 Å². The van der Waals surface area contributed by atoms with Crippen LogP contribution in [-0.4, -0.2) is 11.6 Å². The number of carbonyl (C=O) groups excluding carboxylic acids is 1. The van der Waals surface area contributed by atoms with Gasteiger partial charge in [-0.2, -0.15) is 0 Å². The van der Waals surface area contributed by atoms with Gasteiger partial charge in [-0.1, -0.05) is 180 Å². The highest BCUT2D eigenvalue weighted by atomic mass is 16.5. The Bertz CT molecular complexity index is 730. The summed E-state index contributed by atoms with van der Waals surface area (Å²) in [6.45, 7) is 4.58. The topological polar surface area (TPSA) is 38.3 Å². The van der Waals surface area contributed by atoms with Crippen LogP contribution in [0.2, 0.25) is 0 Å². The van der Waals surface area contributed by atoms with E-state index in [0.29, 0.717) is 5.56 Å². The fourth-order valence-corrected chi connectivity index (χ4v) is 6.46. The number of amides is 1. The van der Waals surface area contributed by atoms with Crippen LogP contribution in [0.1, 0.15) is 204 Å². The Balaban J connectivity index is 1.60. The van der Waals surface area contributed by atoms with Crippen molar-refractivity contribution in [2.24, 2.45) is 0 Å². The van der Waals surface area contributed by atoms with Gasteiger partial charge < -0.3 is 10.1 Å². The van der Waals surface area contributed by atoms with Gasteiger partial charge in [0.15, 0.2) is 5.72 Å². The van der Waals surface area contributed by atoms with Gasteiger partial charge in [-0.15, -0.1) is 0 Å². The van der Waals surface area contributed by atoms with Crippen molar-refractivity contribution < 1.29 is 9.53 Å². The molecular formula is C38H67NO2. The van der Waals surface area contributed by atoms with E-state index in [4.69, 9.17) is 4.74 Å². The molecule has 1 aromatic carbocycles. The molecule has 1 aromatic rings. The fourth-order valence-electron chi connectivity index (χ4n) is 6.46. The van der Waals surface area contributed by atoms with Crippen molar-refractivity contribution in [3.63, 3.8) is 0 Å². The van der Waals surface area contributed by atoms with E-state index in [1.54, 1.807) is 0 Å². The average Bonchev–Trinajstić information content (AvgIpc) is 2.98. The van der Waals surface area contributed by atoms with Gasteiger partial charge in [-0.3, -0.25) is 4.79 Å². The number of para-hydroxylation sites is 1. The van der Waals surface area contributed by atoms with Crippen molar-refractivity contribution in [3.8, 4) is 5.75 Å². The maximum absolute atomic E-state index is 13.0. The van der Waals surface area contributed by atoms with Crippen LogP contribution in [-0.2, 0) is 0 Å². The maximum atomic E-state index is 13.0. The van der Waals surface area contributed by atoms with Crippen molar-refractivity contribution in [2.75, 3.05) is 0 Å². The van der Waals surface area contributed by atoms with Gasteiger partial charge in [0.2, 0.25) is 0 Å². The zero-order chi connectivity index (χ0) is 29.3. The smallest absolute Gasteiger partial charge is 0.258 e. The number of ether oxygens (including phenoxy) is 1. The summed E-state index contributed by atoms with van der Waals surface area (Å²) < 4.78 is 6.57. The molecule has 1 heterocycles. The second-order valence-electron chi connectivity index (χ2n) is 13.0. The molecule has 0 unspecified atom stereocenters. The van der Waals surface area contributed by atoms with E-state index in [1.165, 1.54) is 154 Å². The van der Waals surface area contributed by atoms with Gasteiger partial charge in [0.1, 0.15) is 5.75 Å². The lowest BCUT2D eigenvalue weighted by molar-refractivity contribution is 0.00190. The Kier molecular flexibility index (Phi) is 20.9. The first-order valence-electron chi connectivity index (χ1n) is 18.3. The van der Waals surface area contributed by atoms with Crippen molar-refractivity contribution in [1.29, 1.82) is 0 Å². The molecule has 0 saturated carbocycles. The van der Waals surface area contributed by atoms with Gasteiger partial charge >= 0.3 is 0 Å². The summed E-state index contributed by atoms with van der Waals surface area (Å²) in [7, 11) is 0. The first-order valence-corrected chi connectivity index (χ1v) is 18.3. The van der Waals surface area contributed by atoms with Crippen LogP contribution in [0.5, 0.6) is 5.75 Å². The molecule has 0 aliphatic carbocycles. The Hall–Kier alpha value is -1.51. The molecule has 3 heteroatoms. The maximum Gasteiger partial charge on any atom is 0.258 e. The van der Waals surface area contributed by atoms with E-state index in [0.717, 1.165) is 31.4 Å². The molecule has 0 bridgehead atoms. The summed E-state index contributed by atoms with van der Waals surface area (Å²) in [5.41, 5.74) is 0.153. The highest BCUT2D eigenvalue weighted by molar-refractivity contribution is 5.98. The van der Waals surface area contributed by atoms with E-state index in [1.807, 2.05) is 24.3 Å². The number of fused-ring (bicyclic) bond motifs is 1. The first-order chi connectivity index (χ1) is 20.2. The molecule has 1 amide bonds. The number of benzene rings is 1. The van der Waals surface area contributed by atoms with Crippen LogP contribution >= 0.6 is 0 Å². The third kappa shape index (κ3) is 16.6. The first kappa shape index (κ1) is 35.7. The Morgan fingerprint density at radius 3 is 1.24 bits per heavy atom. The molecule has 1 aliphatic heterocycles. The number of unbranched alkanes of at least 4 members (excludes halogenated alkanes) is 24. The standard InChI is InChI=1S/C38H67NO2/c1-3-5-7-9-11-13-15-17-19-21-23-25-29-33-38(39-37(40)35-31-27-28-32-36(35)41-38)34-30-26-24-22-20-18-16-14-12-10-8-6-4-2/h27-28,31-32H,3-26,29-30,33-34H2,1-2H3,(H,39,40). The Labute approximate surface area is 255 Å². The molecule has 0 radical (unpaired) electrons. The second-order valence-corrected chi connectivity index (χ2v) is 13.0. The van der Waals surface area contributed by atoms with Crippen LogP contribution in [0.4, 0.5) is 0 Å². The summed E-state index contributed by atoms with van der Waals surface area (Å²) in [6, 6.07) is 7.76.